The minimum absolute atomic E-state index is 0.250. The Morgan fingerprint density at radius 1 is 1.18 bits per heavy atom. The Hall–Kier alpha value is -2.73. The fourth-order valence-corrected chi connectivity index (χ4v) is 3.41. The lowest BCUT2D eigenvalue weighted by Gasteiger charge is -2.33. The van der Waals surface area contributed by atoms with Crippen LogP contribution in [0, 0.1) is 34.5 Å². The number of ether oxygens (including phenoxy) is 2. The molecule has 2 aliphatic rings. The lowest BCUT2D eigenvalue weighted by Crippen LogP contribution is -2.35. The standard InChI is InChI=1S/C16H15N3O3/c1-21-13-5-9-3-4-19-15(10(9)6-14(13)22-2)11(7-17)12(8-18)16(19)20/h5-6,11-12,15H,3-4H2,1-2H3. The molecule has 1 amide bonds. The average Bonchev–Trinajstić information content (AvgIpc) is 2.84. The van der Waals surface area contributed by atoms with Gasteiger partial charge in [-0.15, -0.1) is 0 Å². The molecule has 3 atom stereocenters. The lowest BCUT2D eigenvalue weighted by atomic mass is 9.84. The van der Waals surface area contributed by atoms with Gasteiger partial charge in [0.25, 0.3) is 0 Å². The van der Waals surface area contributed by atoms with Gasteiger partial charge in [0.05, 0.1) is 38.3 Å². The fraction of sp³-hybridized carbons (Fsp3) is 0.438. The molecule has 3 rings (SSSR count). The van der Waals surface area contributed by atoms with E-state index in [1.165, 1.54) is 0 Å². The van der Waals surface area contributed by atoms with Gasteiger partial charge in [-0.1, -0.05) is 0 Å². The lowest BCUT2D eigenvalue weighted by molar-refractivity contribution is -0.131. The fourth-order valence-electron chi connectivity index (χ4n) is 3.41. The summed E-state index contributed by atoms with van der Waals surface area (Å²) in [6, 6.07) is 7.46. The Balaban J connectivity index is 2.14. The number of amides is 1. The van der Waals surface area contributed by atoms with Crippen LogP contribution in [0.25, 0.3) is 0 Å². The van der Waals surface area contributed by atoms with E-state index in [4.69, 9.17) is 9.47 Å². The van der Waals surface area contributed by atoms with Gasteiger partial charge in [-0.05, 0) is 29.7 Å². The van der Waals surface area contributed by atoms with Crippen LogP contribution in [-0.2, 0) is 11.2 Å². The van der Waals surface area contributed by atoms with Gasteiger partial charge >= 0.3 is 0 Å². The number of fused-ring (bicyclic) bond motifs is 3. The van der Waals surface area contributed by atoms with Crippen molar-refractivity contribution in [3.05, 3.63) is 23.3 Å². The van der Waals surface area contributed by atoms with Crippen LogP contribution in [0.5, 0.6) is 11.5 Å². The van der Waals surface area contributed by atoms with E-state index in [1.807, 2.05) is 18.2 Å². The van der Waals surface area contributed by atoms with Gasteiger partial charge in [0.1, 0.15) is 5.92 Å². The molecule has 0 aromatic heterocycles. The topological polar surface area (TPSA) is 86.3 Å². The zero-order valence-corrected chi connectivity index (χ0v) is 12.4. The van der Waals surface area contributed by atoms with Crippen LogP contribution in [0.3, 0.4) is 0 Å². The maximum atomic E-state index is 12.3. The van der Waals surface area contributed by atoms with Crippen molar-refractivity contribution >= 4 is 5.91 Å². The van der Waals surface area contributed by atoms with E-state index in [9.17, 15) is 15.3 Å². The van der Waals surface area contributed by atoms with Gasteiger partial charge in [0.2, 0.25) is 5.91 Å². The Bertz CT molecular complexity index is 717. The summed E-state index contributed by atoms with van der Waals surface area (Å²) in [6.45, 7) is 0.516. The van der Waals surface area contributed by atoms with E-state index >= 15 is 0 Å². The molecule has 0 saturated carbocycles. The first-order chi connectivity index (χ1) is 10.7. The first kappa shape index (κ1) is 14.2. The van der Waals surface area contributed by atoms with Crippen molar-refractivity contribution in [1.82, 2.24) is 4.90 Å². The number of hydrogen-bond donors (Lipinski definition) is 0. The Morgan fingerprint density at radius 2 is 1.86 bits per heavy atom. The molecule has 0 aliphatic carbocycles. The monoisotopic (exact) mass is 297 g/mol. The second-order valence-corrected chi connectivity index (χ2v) is 5.39. The summed E-state index contributed by atoms with van der Waals surface area (Å²) < 4.78 is 10.6. The maximum absolute atomic E-state index is 12.3. The second kappa shape index (κ2) is 5.23. The molecule has 0 N–H and O–H groups in total. The zero-order chi connectivity index (χ0) is 15.9. The van der Waals surface area contributed by atoms with Crippen LogP contribution in [0.1, 0.15) is 17.2 Å². The molecular formula is C16H15N3O3. The van der Waals surface area contributed by atoms with E-state index in [0.717, 1.165) is 11.1 Å². The third-order valence-electron chi connectivity index (χ3n) is 4.46. The van der Waals surface area contributed by atoms with E-state index in [2.05, 4.69) is 6.07 Å². The molecule has 2 aliphatic heterocycles. The molecule has 2 heterocycles. The number of nitrogens with zero attached hydrogens (tertiary/aromatic N) is 3. The number of hydrogen-bond acceptors (Lipinski definition) is 5. The zero-order valence-electron chi connectivity index (χ0n) is 12.4. The number of carbonyl (C=O) groups is 1. The van der Waals surface area contributed by atoms with Crippen molar-refractivity contribution in [3.63, 3.8) is 0 Å². The van der Waals surface area contributed by atoms with Crippen molar-refractivity contribution < 1.29 is 14.3 Å². The number of nitriles is 2. The second-order valence-electron chi connectivity index (χ2n) is 5.39. The minimum Gasteiger partial charge on any atom is -0.493 e. The predicted octanol–water partition coefficient (Wildman–Crippen LogP) is 1.42. The molecule has 1 aromatic carbocycles. The normalized spacial score (nSPS) is 25.7. The molecule has 1 aromatic rings. The molecule has 6 heteroatoms. The third kappa shape index (κ3) is 1.81. The smallest absolute Gasteiger partial charge is 0.241 e. The van der Waals surface area contributed by atoms with E-state index in [0.29, 0.717) is 24.5 Å². The molecule has 0 bridgehead atoms. The molecule has 6 nitrogen and oxygen atoms in total. The minimum atomic E-state index is -0.894. The summed E-state index contributed by atoms with van der Waals surface area (Å²) in [6.07, 6.45) is 0.675. The quantitative estimate of drug-likeness (QED) is 0.824. The summed E-state index contributed by atoms with van der Waals surface area (Å²) in [4.78, 5) is 14.0. The highest BCUT2D eigenvalue weighted by Crippen LogP contribution is 2.47. The Kier molecular flexibility index (Phi) is 3.38. The summed E-state index contributed by atoms with van der Waals surface area (Å²) in [5, 5.41) is 18.7. The number of rotatable bonds is 2. The highest BCUT2D eigenvalue weighted by Gasteiger charge is 2.51. The van der Waals surface area contributed by atoms with Crippen LogP contribution < -0.4 is 9.47 Å². The number of carbonyl (C=O) groups excluding carboxylic acids is 1. The molecular weight excluding hydrogens is 282 g/mol. The van der Waals surface area contributed by atoms with Crippen molar-refractivity contribution in [2.24, 2.45) is 11.8 Å². The summed E-state index contributed by atoms with van der Waals surface area (Å²) >= 11 is 0. The van der Waals surface area contributed by atoms with E-state index in [-0.39, 0.29) is 11.9 Å². The molecule has 0 spiro atoms. The van der Waals surface area contributed by atoms with Crippen LogP contribution in [-0.4, -0.2) is 31.6 Å². The highest BCUT2D eigenvalue weighted by molar-refractivity contribution is 5.86. The molecule has 1 fully saturated rings. The van der Waals surface area contributed by atoms with Crippen molar-refractivity contribution in [2.45, 2.75) is 12.5 Å². The SMILES string of the molecule is COc1cc2c(cc1OC)C1C(C#N)C(C#N)C(=O)N1CC2. The van der Waals surface area contributed by atoms with Crippen molar-refractivity contribution in [1.29, 1.82) is 10.5 Å². The molecule has 0 radical (unpaired) electrons. The van der Waals surface area contributed by atoms with Gasteiger partial charge in [0.15, 0.2) is 11.5 Å². The summed E-state index contributed by atoms with van der Waals surface area (Å²) in [5.41, 5.74) is 1.91. The molecule has 22 heavy (non-hydrogen) atoms. The van der Waals surface area contributed by atoms with E-state index < -0.39 is 11.8 Å². The first-order valence-corrected chi connectivity index (χ1v) is 7.00. The third-order valence-corrected chi connectivity index (χ3v) is 4.46. The first-order valence-electron chi connectivity index (χ1n) is 7.00. The largest absolute Gasteiger partial charge is 0.493 e. The summed E-state index contributed by atoms with van der Waals surface area (Å²) in [7, 11) is 3.12. The average molecular weight is 297 g/mol. The van der Waals surface area contributed by atoms with Gasteiger partial charge in [0, 0.05) is 6.54 Å². The predicted molar refractivity (Wildman–Crippen MR) is 75.9 cm³/mol. The van der Waals surface area contributed by atoms with Crippen LogP contribution in [0.15, 0.2) is 12.1 Å². The van der Waals surface area contributed by atoms with Gasteiger partial charge in [-0.2, -0.15) is 10.5 Å². The Labute approximate surface area is 128 Å². The van der Waals surface area contributed by atoms with Crippen molar-refractivity contribution in [2.75, 3.05) is 20.8 Å². The molecule has 3 unspecified atom stereocenters. The van der Waals surface area contributed by atoms with Gasteiger partial charge < -0.3 is 14.4 Å². The van der Waals surface area contributed by atoms with Crippen LogP contribution in [0.4, 0.5) is 0 Å². The summed E-state index contributed by atoms with van der Waals surface area (Å²) in [5.74, 6) is -0.611. The van der Waals surface area contributed by atoms with Gasteiger partial charge in [-0.25, -0.2) is 0 Å². The Morgan fingerprint density at radius 3 is 2.45 bits per heavy atom. The maximum Gasteiger partial charge on any atom is 0.241 e. The van der Waals surface area contributed by atoms with Crippen LogP contribution in [0.2, 0.25) is 0 Å². The molecule has 112 valence electrons. The number of benzene rings is 1. The highest BCUT2D eigenvalue weighted by atomic mass is 16.5. The van der Waals surface area contributed by atoms with Crippen molar-refractivity contribution in [3.8, 4) is 23.6 Å². The van der Waals surface area contributed by atoms with E-state index in [1.54, 1.807) is 19.1 Å². The number of methoxy groups -OCH3 is 2. The van der Waals surface area contributed by atoms with Crippen LogP contribution >= 0.6 is 0 Å². The molecule has 1 saturated heterocycles. The van der Waals surface area contributed by atoms with Gasteiger partial charge in [-0.3, -0.25) is 4.79 Å².